The highest BCUT2D eigenvalue weighted by Gasteiger charge is 2.48. The average molecular weight is 237 g/mol. The summed E-state index contributed by atoms with van der Waals surface area (Å²) in [4.78, 5) is 22.9. The Bertz CT molecular complexity index is 425. The highest BCUT2D eigenvalue weighted by atomic mass is 16.4. The molecule has 17 heavy (non-hydrogen) atoms. The summed E-state index contributed by atoms with van der Waals surface area (Å²) in [5.41, 5.74) is -1.15. The Morgan fingerprint density at radius 2 is 2.29 bits per heavy atom. The molecule has 2 rings (SSSR count). The predicted octanol–water partition coefficient (Wildman–Crippen LogP) is 0.253. The second-order valence-corrected chi connectivity index (χ2v) is 4.53. The number of carboxylic acids is 1. The molecule has 1 aromatic rings. The lowest BCUT2D eigenvalue weighted by Crippen LogP contribution is -2.54. The van der Waals surface area contributed by atoms with E-state index in [1.807, 2.05) is 0 Å². The summed E-state index contributed by atoms with van der Waals surface area (Å²) in [5, 5.41) is 15.7. The summed E-state index contributed by atoms with van der Waals surface area (Å²) in [7, 11) is 0. The van der Waals surface area contributed by atoms with E-state index >= 15 is 0 Å². The molecule has 0 spiro atoms. The molecule has 1 atom stereocenters. The first-order chi connectivity index (χ1) is 8.02. The third-order valence-corrected chi connectivity index (χ3v) is 3.10. The van der Waals surface area contributed by atoms with E-state index in [1.165, 1.54) is 4.68 Å². The Morgan fingerprint density at radius 3 is 2.76 bits per heavy atom. The van der Waals surface area contributed by atoms with Gasteiger partial charge in [-0.15, -0.1) is 0 Å². The first kappa shape index (κ1) is 11.6. The number of aliphatic carboxylic acids is 1. The molecule has 92 valence electrons. The number of carboxylic acid groups (broad SMARTS) is 1. The van der Waals surface area contributed by atoms with E-state index in [-0.39, 0.29) is 18.4 Å². The van der Waals surface area contributed by atoms with Crippen LogP contribution in [0.25, 0.3) is 0 Å². The quantitative estimate of drug-likeness (QED) is 0.769. The first-order valence-corrected chi connectivity index (χ1v) is 5.54. The van der Waals surface area contributed by atoms with Gasteiger partial charge in [0.15, 0.2) is 0 Å². The van der Waals surface area contributed by atoms with Gasteiger partial charge in [0.2, 0.25) is 5.91 Å². The molecule has 6 nitrogen and oxygen atoms in total. The maximum Gasteiger partial charge on any atom is 0.329 e. The molecule has 1 aliphatic carbocycles. The van der Waals surface area contributed by atoms with Gasteiger partial charge in [-0.05, 0) is 31.7 Å². The zero-order chi connectivity index (χ0) is 12.5. The number of nitrogens with one attached hydrogen (secondary N) is 1. The molecule has 0 aromatic carbocycles. The number of nitrogens with zero attached hydrogens (tertiary/aromatic N) is 2. The fourth-order valence-corrected chi connectivity index (χ4v) is 1.86. The van der Waals surface area contributed by atoms with Crippen molar-refractivity contribution in [1.29, 1.82) is 0 Å². The van der Waals surface area contributed by atoms with Crippen molar-refractivity contribution >= 4 is 11.9 Å². The topological polar surface area (TPSA) is 84.2 Å². The summed E-state index contributed by atoms with van der Waals surface area (Å²) >= 11 is 0. The Hall–Kier alpha value is -1.85. The number of amides is 1. The fourth-order valence-electron chi connectivity index (χ4n) is 1.86. The van der Waals surface area contributed by atoms with Crippen molar-refractivity contribution in [3.63, 3.8) is 0 Å². The molecule has 6 heteroatoms. The minimum atomic E-state index is -1.15. The fraction of sp³-hybridized carbons (Fsp3) is 0.545. The zero-order valence-corrected chi connectivity index (χ0v) is 9.59. The SMILES string of the molecule is CC(NC(=O)Cn1cccn1)(C(=O)O)C1CC1. The predicted molar refractivity (Wildman–Crippen MR) is 59.1 cm³/mol. The van der Waals surface area contributed by atoms with Gasteiger partial charge in [0.25, 0.3) is 0 Å². The van der Waals surface area contributed by atoms with Gasteiger partial charge < -0.3 is 10.4 Å². The van der Waals surface area contributed by atoms with Crippen molar-refractivity contribution < 1.29 is 14.7 Å². The van der Waals surface area contributed by atoms with Gasteiger partial charge in [-0.25, -0.2) is 4.79 Å². The molecule has 2 N–H and O–H groups in total. The number of hydrogen-bond acceptors (Lipinski definition) is 3. The van der Waals surface area contributed by atoms with Crippen LogP contribution in [-0.2, 0) is 16.1 Å². The van der Waals surface area contributed by atoms with Crippen LogP contribution in [0.4, 0.5) is 0 Å². The van der Waals surface area contributed by atoms with Crippen molar-refractivity contribution in [2.24, 2.45) is 5.92 Å². The Morgan fingerprint density at radius 1 is 1.59 bits per heavy atom. The lowest BCUT2D eigenvalue weighted by atomic mass is 9.96. The zero-order valence-electron chi connectivity index (χ0n) is 9.59. The number of carbonyl (C=O) groups is 2. The van der Waals surface area contributed by atoms with Crippen LogP contribution in [0, 0.1) is 5.92 Å². The van der Waals surface area contributed by atoms with E-state index in [2.05, 4.69) is 10.4 Å². The van der Waals surface area contributed by atoms with Crippen LogP contribution in [0.5, 0.6) is 0 Å². The minimum absolute atomic E-state index is 0.0431. The molecule has 1 amide bonds. The second kappa shape index (κ2) is 4.20. The summed E-state index contributed by atoms with van der Waals surface area (Å²) in [5.74, 6) is -1.26. The standard InChI is InChI=1S/C11H15N3O3/c1-11(10(16)17,8-3-4-8)13-9(15)7-14-6-2-5-12-14/h2,5-6,8H,3-4,7H2,1H3,(H,13,15)(H,16,17). The van der Waals surface area contributed by atoms with Crippen LogP contribution in [0.3, 0.4) is 0 Å². The van der Waals surface area contributed by atoms with Gasteiger partial charge in [-0.3, -0.25) is 9.48 Å². The van der Waals surface area contributed by atoms with Gasteiger partial charge in [-0.2, -0.15) is 5.10 Å². The lowest BCUT2D eigenvalue weighted by Gasteiger charge is -2.26. The molecule has 1 saturated carbocycles. The number of rotatable bonds is 5. The van der Waals surface area contributed by atoms with Crippen LogP contribution in [0.2, 0.25) is 0 Å². The molecule has 1 aromatic heterocycles. The maximum absolute atomic E-state index is 11.7. The summed E-state index contributed by atoms with van der Waals surface area (Å²) in [6, 6.07) is 1.71. The Balaban J connectivity index is 1.99. The lowest BCUT2D eigenvalue weighted by molar-refractivity contribution is -0.148. The highest BCUT2D eigenvalue weighted by Crippen LogP contribution is 2.39. The Labute approximate surface area is 98.6 Å². The van der Waals surface area contributed by atoms with Crippen molar-refractivity contribution in [3.05, 3.63) is 18.5 Å². The van der Waals surface area contributed by atoms with Crippen LogP contribution >= 0.6 is 0 Å². The van der Waals surface area contributed by atoms with Crippen LogP contribution in [0.15, 0.2) is 18.5 Å². The molecule has 0 saturated heterocycles. The minimum Gasteiger partial charge on any atom is -0.480 e. The third-order valence-electron chi connectivity index (χ3n) is 3.10. The van der Waals surface area contributed by atoms with Crippen molar-refractivity contribution in [1.82, 2.24) is 15.1 Å². The molecular weight excluding hydrogens is 222 g/mol. The number of aromatic nitrogens is 2. The monoisotopic (exact) mass is 237 g/mol. The second-order valence-electron chi connectivity index (χ2n) is 4.53. The molecule has 1 aliphatic rings. The van der Waals surface area contributed by atoms with E-state index in [4.69, 9.17) is 0 Å². The van der Waals surface area contributed by atoms with E-state index in [0.29, 0.717) is 0 Å². The van der Waals surface area contributed by atoms with Crippen LogP contribution in [-0.4, -0.2) is 32.3 Å². The van der Waals surface area contributed by atoms with E-state index in [9.17, 15) is 14.7 Å². The Kier molecular flexibility index (Phi) is 2.87. The van der Waals surface area contributed by atoms with Gasteiger partial charge in [-0.1, -0.05) is 0 Å². The molecule has 1 unspecified atom stereocenters. The van der Waals surface area contributed by atoms with Gasteiger partial charge in [0, 0.05) is 12.4 Å². The summed E-state index contributed by atoms with van der Waals surface area (Å²) in [6.45, 7) is 1.61. The third kappa shape index (κ3) is 2.46. The normalized spacial score (nSPS) is 18.4. The van der Waals surface area contributed by atoms with E-state index < -0.39 is 11.5 Å². The molecule has 0 radical (unpaired) electrons. The smallest absolute Gasteiger partial charge is 0.329 e. The molecular formula is C11H15N3O3. The van der Waals surface area contributed by atoms with Gasteiger partial charge in [0.1, 0.15) is 12.1 Å². The molecule has 0 aliphatic heterocycles. The number of hydrogen-bond donors (Lipinski definition) is 2. The number of carbonyl (C=O) groups excluding carboxylic acids is 1. The van der Waals surface area contributed by atoms with Crippen LogP contribution in [0.1, 0.15) is 19.8 Å². The van der Waals surface area contributed by atoms with Crippen LogP contribution < -0.4 is 5.32 Å². The largest absolute Gasteiger partial charge is 0.480 e. The van der Waals surface area contributed by atoms with Crippen molar-refractivity contribution in [2.45, 2.75) is 31.8 Å². The maximum atomic E-state index is 11.7. The molecule has 1 fully saturated rings. The van der Waals surface area contributed by atoms with E-state index in [1.54, 1.807) is 25.4 Å². The summed E-state index contributed by atoms with van der Waals surface area (Å²) in [6.07, 6.45) is 4.94. The van der Waals surface area contributed by atoms with Gasteiger partial charge >= 0.3 is 5.97 Å². The van der Waals surface area contributed by atoms with Crippen molar-refractivity contribution in [3.8, 4) is 0 Å². The first-order valence-electron chi connectivity index (χ1n) is 5.54. The molecule has 0 bridgehead atoms. The summed E-state index contributed by atoms with van der Waals surface area (Å²) < 4.78 is 1.46. The van der Waals surface area contributed by atoms with Gasteiger partial charge in [0.05, 0.1) is 0 Å². The van der Waals surface area contributed by atoms with Crippen molar-refractivity contribution in [2.75, 3.05) is 0 Å². The molecule has 1 heterocycles. The van der Waals surface area contributed by atoms with E-state index in [0.717, 1.165) is 12.8 Å². The highest BCUT2D eigenvalue weighted by molar-refractivity contribution is 5.87. The average Bonchev–Trinajstić information content (AvgIpc) is 2.99.